The van der Waals surface area contributed by atoms with Crippen LogP contribution in [0.15, 0.2) is 54.6 Å². The average molecular weight is 360 g/mol. The molecule has 0 saturated carbocycles. The molecule has 0 spiro atoms. The number of urea groups is 1. The maximum atomic E-state index is 11.9. The van der Waals surface area contributed by atoms with Crippen molar-refractivity contribution in [2.45, 2.75) is 19.1 Å². The van der Waals surface area contributed by atoms with Crippen LogP contribution >= 0.6 is 0 Å². The van der Waals surface area contributed by atoms with Gasteiger partial charge < -0.3 is 15.4 Å². The van der Waals surface area contributed by atoms with Crippen molar-refractivity contribution in [1.82, 2.24) is 5.32 Å². The predicted octanol–water partition coefficient (Wildman–Crippen LogP) is 2.57. The molecule has 2 aromatic rings. The lowest BCUT2D eigenvalue weighted by Gasteiger charge is -2.12. The second-order valence-corrected chi connectivity index (χ2v) is 8.23. The van der Waals surface area contributed by atoms with Crippen LogP contribution < -0.4 is 15.4 Å². The van der Waals surface area contributed by atoms with Gasteiger partial charge in [0.1, 0.15) is 12.4 Å². The van der Waals surface area contributed by atoms with Crippen molar-refractivity contribution < 1.29 is 17.9 Å². The van der Waals surface area contributed by atoms with Crippen molar-refractivity contribution >= 4 is 21.6 Å². The number of anilines is 1. The van der Waals surface area contributed by atoms with Crippen LogP contribution in [0.3, 0.4) is 0 Å². The number of hydrogen-bond acceptors (Lipinski definition) is 4. The molecule has 2 aromatic carbocycles. The molecule has 1 heterocycles. The Balaban J connectivity index is 1.48. The van der Waals surface area contributed by atoms with E-state index in [9.17, 15) is 13.2 Å². The molecule has 1 atom stereocenters. The van der Waals surface area contributed by atoms with Gasteiger partial charge in [-0.05, 0) is 36.2 Å². The van der Waals surface area contributed by atoms with E-state index in [1.165, 1.54) is 0 Å². The van der Waals surface area contributed by atoms with Crippen LogP contribution in [-0.2, 0) is 16.4 Å². The molecule has 6 nitrogen and oxygen atoms in total. The predicted molar refractivity (Wildman–Crippen MR) is 96.4 cm³/mol. The zero-order chi connectivity index (χ0) is 17.7. The number of hydrogen-bond donors (Lipinski definition) is 2. The molecule has 1 saturated heterocycles. The molecule has 0 aliphatic carbocycles. The van der Waals surface area contributed by atoms with E-state index < -0.39 is 15.9 Å². The van der Waals surface area contributed by atoms with Crippen LogP contribution in [-0.4, -0.2) is 32.0 Å². The van der Waals surface area contributed by atoms with E-state index in [4.69, 9.17) is 4.74 Å². The first-order valence-electron chi connectivity index (χ1n) is 8.05. The van der Waals surface area contributed by atoms with E-state index in [0.717, 1.165) is 5.56 Å². The second kappa shape index (κ2) is 7.57. The zero-order valence-electron chi connectivity index (χ0n) is 13.6. The van der Waals surface area contributed by atoms with Gasteiger partial charge in [-0.15, -0.1) is 0 Å². The molecule has 2 amide bonds. The van der Waals surface area contributed by atoms with E-state index in [1.54, 1.807) is 24.3 Å². The number of nitrogens with one attached hydrogen (secondary N) is 2. The summed E-state index contributed by atoms with van der Waals surface area (Å²) in [5, 5.41) is 5.38. The van der Waals surface area contributed by atoms with Crippen molar-refractivity contribution in [1.29, 1.82) is 0 Å². The van der Waals surface area contributed by atoms with Gasteiger partial charge in [-0.3, -0.25) is 0 Å². The molecule has 0 aromatic heterocycles. The van der Waals surface area contributed by atoms with Gasteiger partial charge in [-0.25, -0.2) is 13.2 Å². The van der Waals surface area contributed by atoms with E-state index in [2.05, 4.69) is 10.6 Å². The maximum Gasteiger partial charge on any atom is 0.319 e. The molecule has 132 valence electrons. The minimum absolute atomic E-state index is 0.00663. The van der Waals surface area contributed by atoms with Crippen LogP contribution in [0.1, 0.15) is 12.0 Å². The highest BCUT2D eigenvalue weighted by Gasteiger charge is 2.28. The molecule has 25 heavy (non-hydrogen) atoms. The highest BCUT2D eigenvalue weighted by atomic mass is 32.2. The first-order chi connectivity index (χ1) is 12.0. The Hall–Kier alpha value is -2.54. The Morgan fingerprint density at radius 3 is 2.44 bits per heavy atom. The van der Waals surface area contributed by atoms with Crippen LogP contribution in [0.25, 0.3) is 0 Å². The number of benzene rings is 2. The number of rotatable bonds is 5. The summed E-state index contributed by atoms with van der Waals surface area (Å²) in [4.78, 5) is 11.9. The molecular weight excluding hydrogens is 340 g/mol. The molecule has 0 bridgehead atoms. The highest BCUT2D eigenvalue weighted by Crippen LogP contribution is 2.17. The quantitative estimate of drug-likeness (QED) is 0.858. The molecule has 1 unspecified atom stereocenters. The first-order valence-corrected chi connectivity index (χ1v) is 9.87. The third kappa shape index (κ3) is 5.22. The van der Waals surface area contributed by atoms with E-state index in [1.807, 2.05) is 30.3 Å². The molecule has 3 rings (SSSR count). The summed E-state index contributed by atoms with van der Waals surface area (Å²) in [6.07, 6.45) is 0.460. The summed E-state index contributed by atoms with van der Waals surface area (Å²) in [6.45, 7) is 0.476. The van der Waals surface area contributed by atoms with Crippen molar-refractivity contribution in [3.63, 3.8) is 0 Å². The van der Waals surface area contributed by atoms with Crippen LogP contribution in [0, 0.1) is 0 Å². The van der Waals surface area contributed by atoms with Gasteiger partial charge in [0.25, 0.3) is 0 Å². The zero-order valence-corrected chi connectivity index (χ0v) is 14.5. The number of ether oxygens (including phenoxy) is 1. The summed E-state index contributed by atoms with van der Waals surface area (Å²) in [5.74, 6) is 0.842. The van der Waals surface area contributed by atoms with Crippen LogP contribution in [0.4, 0.5) is 10.5 Å². The Morgan fingerprint density at radius 2 is 1.80 bits per heavy atom. The molecular formula is C18H20N2O4S. The number of amides is 2. The fraction of sp³-hybridized carbons (Fsp3) is 0.278. The van der Waals surface area contributed by atoms with Crippen LogP contribution in [0.5, 0.6) is 5.75 Å². The van der Waals surface area contributed by atoms with Gasteiger partial charge in [-0.1, -0.05) is 30.3 Å². The summed E-state index contributed by atoms with van der Waals surface area (Å²) in [7, 11) is -3.01. The minimum Gasteiger partial charge on any atom is -0.489 e. The summed E-state index contributed by atoms with van der Waals surface area (Å²) < 4.78 is 28.5. The SMILES string of the molecule is O=C(Nc1ccc(OCc2ccccc2)cc1)NC1CCS(=O)(=O)C1. The fourth-order valence-corrected chi connectivity index (χ4v) is 4.31. The average Bonchev–Trinajstić information content (AvgIpc) is 2.93. The third-order valence-electron chi connectivity index (χ3n) is 3.93. The standard InChI is InChI=1S/C18H20N2O4S/c21-18(20-16-10-11-25(22,23)13-16)19-15-6-8-17(9-7-15)24-12-14-4-2-1-3-5-14/h1-9,16H,10-13H2,(H2,19,20,21). The monoisotopic (exact) mass is 360 g/mol. The lowest BCUT2D eigenvalue weighted by Crippen LogP contribution is -2.38. The highest BCUT2D eigenvalue weighted by molar-refractivity contribution is 7.91. The number of carbonyl (C=O) groups is 1. The van der Waals surface area contributed by atoms with Gasteiger partial charge in [0.15, 0.2) is 9.84 Å². The summed E-state index contributed by atoms with van der Waals surface area (Å²) in [5.41, 5.74) is 1.70. The smallest absolute Gasteiger partial charge is 0.319 e. The molecule has 7 heteroatoms. The number of carbonyl (C=O) groups excluding carboxylic acids is 1. The lowest BCUT2D eigenvalue weighted by atomic mass is 10.2. The van der Waals surface area contributed by atoms with E-state index in [0.29, 0.717) is 24.5 Å². The van der Waals surface area contributed by atoms with Gasteiger partial charge >= 0.3 is 6.03 Å². The Labute approximate surface area is 147 Å². The molecule has 2 N–H and O–H groups in total. The maximum absolute atomic E-state index is 11.9. The van der Waals surface area contributed by atoms with Gasteiger partial charge in [0.05, 0.1) is 11.5 Å². The Bertz CT molecular complexity index is 820. The summed E-state index contributed by atoms with van der Waals surface area (Å²) in [6, 6.07) is 16.2. The topological polar surface area (TPSA) is 84.5 Å². The Morgan fingerprint density at radius 1 is 1.08 bits per heavy atom. The van der Waals surface area contributed by atoms with Gasteiger partial charge in [0.2, 0.25) is 0 Å². The van der Waals surface area contributed by atoms with Crippen molar-refractivity contribution in [3.05, 3.63) is 60.2 Å². The van der Waals surface area contributed by atoms with Gasteiger partial charge in [0, 0.05) is 11.7 Å². The van der Waals surface area contributed by atoms with Gasteiger partial charge in [-0.2, -0.15) is 0 Å². The van der Waals surface area contributed by atoms with Crippen molar-refractivity contribution in [2.24, 2.45) is 0 Å². The first kappa shape index (κ1) is 17.3. The summed E-state index contributed by atoms with van der Waals surface area (Å²) >= 11 is 0. The largest absolute Gasteiger partial charge is 0.489 e. The normalized spacial score (nSPS) is 18.5. The Kier molecular flexibility index (Phi) is 5.23. The molecule has 1 fully saturated rings. The van der Waals surface area contributed by atoms with Crippen molar-refractivity contribution in [3.8, 4) is 5.75 Å². The third-order valence-corrected chi connectivity index (χ3v) is 5.70. The number of sulfone groups is 1. The lowest BCUT2D eigenvalue weighted by molar-refractivity contribution is 0.249. The van der Waals surface area contributed by atoms with Crippen LogP contribution in [0.2, 0.25) is 0 Å². The molecule has 0 radical (unpaired) electrons. The fourth-order valence-electron chi connectivity index (χ4n) is 2.64. The minimum atomic E-state index is -3.01. The molecule has 1 aliphatic rings. The van der Waals surface area contributed by atoms with E-state index in [-0.39, 0.29) is 17.5 Å². The van der Waals surface area contributed by atoms with E-state index >= 15 is 0 Å². The molecule has 1 aliphatic heterocycles. The van der Waals surface area contributed by atoms with Crippen molar-refractivity contribution in [2.75, 3.05) is 16.8 Å². The second-order valence-electron chi connectivity index (χ2n) is 6.00.